The van der Waals surface area contributed by atoms with Gasteiger partial charge in [-0.05, 0) is 12.1 Å². The molecular formula is C13H15F3N4. The van der Waals surface area contributed by atoms with Crippen molar-refractivity contribution >= 4 is 5.82 Å². The molecule has 0 spiro atoms. The standard InChI is InChI=1S/C13H15F3N4/c1-12(2,3)9-6-10(17)20(19-9)11-5-4-8(7-18-11)13(14,15)16/h4-7H,17H2,1-3H3. The van der Waals surface area contributed by atoms with Crippen molar-refractivity contribution in [2.75, 3.05) is 5.73 Å². The Hall–Kier alpha value is -2.05. The molecule has 0 amide bonds. The molecule has 0 atom stereocenters. The van der Waals surface area contributed by atoms with Crippen LogP contribution in [0.4, 0.5) is 19.0 Å². The summed E-state index contributed by atoms with van der Waals surface area (Å²) in [5.74, 6) is 0.591. The summed E-state index contributed by atoms with van der Waals surface area (Å²) in [5.41, 5.74) is 5.57. The summed E-state index contributed by atoms with van der Waals surface area (Å²) in [4.78, 5) is 3.77. The van der Waals surface area contributed by atoms with Crippen molar-refractivity contribution in [3.63, 3.8) is 0 Å². The zero-order chi connectivity index (χ0) is 15.1. The van der Waals surface area contributed by atoms with Crippen LogP contribution in [0.1, 0.15) is 32.0 Å². The largest absolute Gasteiger partial charge is 0.417 e. The van der Waals surface area contributed by atoms with Crippen LogP contribution in [-0.4, -0.2) is 14.8 Å². The van der Waals surface area contributed by atoms with Gasteiger partial charge in [0.1, 0.15) is 5.82 Å². The first-order valence-corrected chi connectivity index (χ1v) is 5.98. The summed E-state index contributed by atoms with van der Waals surface area (Å²) in [6.45, 7) is 5.91. The molecule has 20 heavy (non-hydrogen) atoms. The number of aromatic nitrogens is 3. The third-order valence-electron chi connectivity index (χ3n) is 2.80. The van der Waals surface area contributed by atoms with Gasteiger partial charge in [0.15, 0.2) is 5.82 Å². The summed E-state index contributed by atoms with van der Waals surface area (Å²) in [6, 6.07) is 3.90. The predicted molar refractivity (Wildman–Crippen MR) is 69.5 cm³/mol. The molecule has 2 aromatic heterocycles. The molecule has 2 N–H and O–H groups in total. The molecule has 108 valence electrons. The maximum absolute atomic E-state index is 12.5. The van der Waals surface area contributed by atoms with Crippen LogP contribution in [-0.2, 0) is 11.6 Å². The van der Waals surface area contributed by atoms with Crippen molar-refractivity contribution in [1.29, 1.82) is 0 Å². The van der Waals surface area contributed by atoms with Gasteiger partial charge >= 0.3 is 6.18 Å². The first-order valence-electron chi connectivity index (χ1n) is 5.98. The summed E-state index contributed by atoms with van der Waals surface area (Å²) in [7, 11) is 0. The molecule has 0 aliphatic carbocycles. The highest BCUT2D eigenvalue weighted by molar-refractivity contribution is 5.41. The van der Waals surface area contributed by atoms with E-state index in [4.69, 9.17) is 5.73 Å². The van der Waals surface area contributed by atoms with E-state index in [1.165, 1.54) is 10.7 Å². The fourth-order valence-corrected chi connectivity index (χ4v) is 1.62. The number of halogens is 3. The van der Waals surface area contributed by atoms with Crippen LogP contribution < -0.4 is 5.73 Å². The van der Waals surface area contributed by atoms with Crippen LogP contribution in [0.5, 0.6) is 0 Å². The Balaban J connectivity index is 2.40. The van der Waals surface area contributed by atoms with Crippen LogP contribution in [0.3, 0.4) is 0 Å². The van der Waals surface area contributed by atoms with E-state index in [-0.39, 0.29) is 11.2 Å². The van der Waals surface area contributed by atoms with Gasteiger partial charge in [0, 0.05) is 17.7 Å². The van der Waals surface area contributed by atoms with E-state index in [0.717, 1.165) is 18.0 Å². The first-order chi connectivity index (χ1) is 9.09. The van der Waals surface area contributed by atoms with E-state index >= 15 is 0 Å². The fraction of sp³-hybridized carbons (Fsp3) is 0.385. The molecule has 0 radical (unpaired) electrons. The Morgan fingerprint density at radius 3 is 2.20 bits per heavy atom. The Labute approximate surface area is 114 Å². The average Bonchev–Trinajstić information content (AvgIpc) is 2.70. The van der Waals surface area contributed by atoms with Gasteiger partial charge in [-0.1, -0.05) is 20.8 Å². The molecule has 0 aliphatic heterocycles. The fourth-order valence-electron chi connectivity index (χ4n) is 1.62. The van der Waals surface area contributed by atoms with E-state index in [1.54, 1.807) is 6.07 Å². The van der Waals surface area contributed by atoms with Gasteiger partial charge in [-0.15, -0.1) is 0 Å². The minimum atomic E-state index is -4.40. The lowest BCUT2D eigenvalue weighted by Crippen LogP contribution is -2.13. The molecule has 0 aliphatic rings. The molecule has 2 aromatic rings. The zero-order valence-corrected chi connectivity index (χ0v) is 11.4. The molecule has 4 nitrogen and oxygen atoms in total. The Kier molecular flexibility index (Phi) is 3.23. The molecular weight excluding hydrogens is 269 g/mol. The van der Waals surface area contributed by atoms with E-state index in [9.17, 15) is 13.2 Å². The Morgan fingerprint density at radius 1 is 1.15 bits per heavy atom. The SMILES string of the molecule is CC(C)(C)c1cc(N)n(-c2ccc(C(F)(F)F)cn2)n1. The number of nitrogens with zero attached hydrogens (tertiary/aromatic N) is 3. The number of alkyl halides is 3. The number of nitrogens with two attached hydrogens (primary N) is 1. The third kappa shape index (κ3) is 2.76. The van der Waals surface area contributed by atoms with Crippen LogP contribution in [0.2, 0.25) is 0 Å². The number of rotatable bonds is 1. The second-order valence-electron chi connectivity index (χ2n) is 5.52. The summed E-state index contributed by atoms with van der Waals surface area (Å²) < 4.78 is 38.8. The molecule has 0 unspecified atom stereocenters. The van der Waals surface area contributed by atoms with Gasteiger partial charge in [0.25, 0.3) is 0 Å². The second kappa shape index (κ2) is 4.50. The van der Waals surface area contributed by atoms with Crippen molar-refractivity contribution in [2.24, 2.45) is 0 Å². The van der Waals surface area contributed by atoms with Gasteiger partial charge in [-0.25, -0.2) is 4.98 Å². The second-order valence-corrected chi connectivity index (χ2v) is 5.52. The van der Waals surface area contributed by atoms with Crippen molar-refractivity contribution in [3.05, 3.63) is 35.7 Å². The Morgan fingerprint density at radius 2 is 1.80 bits per heavy atom. The van der Waals surface area contributed by atoms with Crippen LogP contribution >= 0.6 is 0 Å². The highest BCUT2D eigenvalue weighted by Crippen LogP contribution is 2.29. The smallest absolute Gasteiger partial charge is 0.384 e. The molecule has 0 fully saturated rings. The van der Waals surface area contributed by atoms with Crippen molar-refractivity contribution in [1.82, 2.24) is 14.8 Å². The van der Waals surface area contributed by atoms with E-state index in [1.807, 2.05) is 20.8 Å². The highest BCUT2D eigenvalue weighted by Gasteiger charge is 2.30. The van der Waals surface area contributed by atoms with Crippen LogP contribution in [0.15, 0.2) is 24.4 Å². The molecule has 7 heteroatoms. The zero-order valence-electron chi connectivity index (χ0n) is 11.4. The number of hydrogen-bond donors (Lipinski definition) is 1. The van der Waals surface area contributed by atoms with Gasteiger partial charge in [-0.3, -0.25) is 0 Å². The average molecular weight is 284 g/mol. The predicted octanol–water partition coefficient (Wildman–Crippen LogP) is 3.17. The highest BCUT2D eigenvalue weighted by atomic mass is 19.4. The number of anilines is 1. The van der Waals surface area contributed by atoms with Gasteiger partial charge < -0.3 is 5.73 Å². The first kappa shape index (κ1) is 14.4. The Bertz CT molecular complexity index is 606. The number of hydrogen-bond acceptors (Lipinski definition) is 3. The van der Waals surface area contributed by atoms with Gasteiger partial charge in [-0.2, -0.15) is 23.0 Å². The normalized spacial score (nSPS) is 12.7. The van der Waals surface area contributed by atoms with Crippen molar-refractivity contribution in [3.8, 4) is 5.82 Å². The topological polar surface area (TPSA) is 56.7 Å². The van der Waals surface area contributed by atoms with Crippen LogP contribution in [0.25, 0.3) is 5.82 Å². The number of nitrogen functional groups attached to an aromatic ring is 1. The molecule has 0 saturated carbocycles. The maximum atomic E-state index is 12.5. The van der Waals surface area contributed by atoms with Crippen molar-refractivity contribution in [2.45, 2.75) is 32.4 Å². The maximum Gasteiger partial charge on any atom is 0.417 e. The molecule has 0 saturated heterocycles. The van der Waals surface area contributed by atoms with E-state index in [2.05, 4.69) is 10.1 Å². The lowest BCUT2D eigenvalue weighted by molar-refractivity contribution is -0.137. The molecule has 0 aromatic carbocycles. The monoisotopic (exact) mass is 284 g/mol. The minimum Gasteiger partial charge on any atom is -0.384 e. The van der Waals surface area contributed by atoms with Crippen LogP contribution in [0, 0.1) is 0 Å². The molecule has 2 rings (SSSR count). The molecule has 2 heterocycles. The summed E-state index contributed by atoms with van der Waals surface area (Å²) >= 11 is 0. The van der Waals surface area contributed by atoms with Gasteiger partial charge in [0.05, 0.1) is 11.3 Å². The lowest BCUT2D eigenvalue weighted by atomic mass is 9.92. The summed E-state index contributed by atoms with van der Waals surface area (Å²) in [5, 5.41) is 4.29. The minimum absolute atomic E-state index is 0.203. The summed E-state index contributed by atoms with van der Waals surface area (Å²) in [6.07, 6.45) is -3.63. The van der Waals surface area contributed by atoms with Crippen molar-refractivity contribution < 1.29 is 13.2 Å². The van der Waals surface area contributed by atoms with E-state index in [0.29, 0.717) is 5.82 Å². The van der Waals surface area contributed by atoms with E-state index < -0.39 is 11.7 Å². The molecule has 0 bridgehead atoms. The third-order valence-corrected chi connectivity index (χ3v) is 2.80. The quantitative estimate of drug-likeness (QED) is 0.875. The van der Waals surface area contributed by atoms with Gasteiger partial charge in [0.2, 0.25) is 0 Å². The number of pyridine rings is 1. The lowest BCUT2D eigenvalue weighted by Gasteiger charge is -2.14.